The van der Waals surface area contributed by atoms with Gasteiger partial charge in [-0.1, -0.05) is 18.2 Å². The van der Waals surface area contributed by atoms with Gasteiger partial charge in [-0.3, -0.25) is 0 Å². The molecule has 1 aromatic heterocycles. The minimum atomic E-state index is 0.664. The smallest absolute Gasteiger partial charge is 0.151 e. The van der Waals surface area contributed by atoms with Gasteiger partial charge in [-0.25, -0.2) is 4.98 Å². The van der Waals surface area contributed by atoms with E-state index in [9.17, 15) is 5.26 Å². The van der Waals surface area contributed by atoms with Crippen LogP contribution in [0.15, 0.2) is 36.4 Å². The molecule has 0 N–H and O–H groups in total. The molecule has 0 radical (unpaired) electrons. The number of benzene rings is 1. The lowest BCUT2D eigenvalue weighted by molar-refractivity contribution is 0.667. The van der Waals surface area contributed by atoms with Crippen LogP contribution in [0.2, 0.25) is 0 Å². The maximum atomic E-state index is 9.40. The van der Waals surface area contributed by atoms with Gasteiger partial charge in [0.25, 0.3) is 0 Å². The van der Waals surface area contributed by atoms with Crippen molar-refractivity contribution in [3.63, 3.8) is 0 Å². The Hall–Kier alpha value is -2.34. The van der Waals surface area contributed by atoms with Crippen molar-refractivity contribution in [2.75, 3.05) is 11.9 Å². The van der Waals surface area contributed by atoms with Crippen LogP contribution < -0.4 is 4.90 Å². The average Bonchev–Trinajstić information content (AvgIpc) is 2.53. The number of pyridine rings is 1. The number of nitriles is 1. The molecule has 3 rings (SSSR count). The molecule has 0 bridgehead atoms. The molecule has 0 fully saturated rings. The third-order valence-electron chi connectivity index (χ3n) is 3.86. The first-order chi connectivity index (χ1) is 9.79. The molecule has 0 unspecified atom stereocenters. The summed E-state index contributed by atoms with van der Waals surface area (Å²) in [6.45, 7) is 0. The zero-order valence-corrected chi connectivity index (χ0v) is 11.6. The molecule has 1 aliphatic rings. The molecule has 100 valence electrons. The first-order valence-corrected chi connectivity index (χ1v) is 7.01. The van der Waals surface area contributed by atoms with Gasteiger partial charge in [0.05, 0.1) is 5.56 Å². The Balaban J connectivity index is 2.06. The van der Waals surface area contributed by atoms with E-state index in [-0.39, 0.29) is 0 Å². The predicted octanol–water partition coefficient (Wildman–Crippen LogP) is 3.60. The third-order valence-corrected chi connectivity index (χ3v) is 3.86. The molecule has 0 spiro atoms. The van der Waals surface area contributed by atoms with Crippen LogP contribution in [0.5, 0.6) is 0 Å². The molecule has 0 amide bonds. The zero-order chi connectivity index (χ0) is 13.9. The van der Waals surface area contributed by atoms with Crippen molar-refractivity contribution in [1.82, 2.24) is 4.98 Å². The SMILES string of the molecule is CN(c1ccccc1)c1nc2c(cc1C#N)CCCC2. The zero-order valence-electron chi connectivity index (χ0n) is 11.6. The number of hydrogen-bond acceptors (Lipinski definition) is 3. The highest BCUT2D eigenvalue weighted by molar-refractivity contribution is 5.66. The molecule has 20 heavy (non-hydrogen) atoms. The van der Waals surface area contributed by atoms with Crippen molar-refractivity contribution in [3.05, 3.63) is 53.2 Å². The van der Waals surface area contributed by atoms with E-state index in [0.29, 0.717) is 5.56 Å². The first-order valence-electron chi connectivity index (χ1n) is 7.01. The molecule has 1 aromatic carbocycles. The predicted molar refractivity (Wildman–Crippen MR) is 80.1 cm³/mol. The number of hydrogen-bond donors (Lipinski definition) is 0. The number of aryl methyl sites for hydroxylation is 2. The van der Waals surface area contributed by atoms with E-state index >= 15 is 0 Å². The van der Waals surface area contributed by atoms with Gasteiger partial charge in [-0.15, -0.1) is 0 Å². The van der Waals surface area contributed by atoms with Crippen molar-refractivity contribution in [1.29, 1.82) is 5.26 Å². The Bertz CT molecular complexity index is 656. The Kier molecular flexibility index (Phi) is 3.39. The maximum Gasteiger partial charge on any atom is 0.151 e. The van der Waals surface area contributed by atoms with Crippen LogP contribution in [0.3, 0.4) is 0 Å². The van der Waals surface area contributed by atoms with Crippen LogP contribution in [0.25, 0.3) is 0 Å². The van der Waals surface area contributed by atoms with Crippen LogP contribution in [0.1, 0.15) is 29.7 Å². The second-order valence-corrected chi connectivity index (χ2v) is 5.18. The summed E-state index contributed by atoms with van der Waals surface area (Å²) in [6, 6.07) is 14.4. The van der Waals surface area contributed by atoms with Crippen molar-refractivity contribution in [2.24, 2.45) is 0 Å². The van der Waals surface area contributed by atoms with Crippen LogP contribution in [0.4, 0.5) is 11.5 Å². The van der Waals surface area contributed by atoms with Crippen LogP contribution >= 0.6 is 0 Å². The van der Waals surface area contributed by atoms with E-state index in [4.69, 9.17) is 4.98 Å². The van der Waals surface area contributed by atoms with Crippen LogP contribution in [-0.2, 0) is 12.8 Å². The molecule has 1 aliphatic carbocycles. The molecule has 0 aliphatic heterocycles. The quantitative estimate of drug-likeness (QED) is 0.831. The van der Waals surface area contributed by atoms with Gasteiger partial charge in [0.15, 0.2) is 5.82 Å². The Morgan fingerprint density at radius 2 is 1.90 bits per heavy atom. The highest BCUT2D eigenvalue weighted by atomic mass is 15.2. The van der Waals surface area contributed by atoms with Gasteiger partial charge < -0.3 is 4.90 Å². The van der Waals surface area contributed by atoms with Gasteiger partial charge in [0.2, 0.25) is 0 Å². The second kappa shape index (κ2) is 5.34. The Morgan fingerprint density at radius 3 is 2.65 bits per heavy atom. The fourth-order valence-corrected chi connectivity index (χ4v) is 2.73. The highest BCUT2D eigenvalue weighted by Crippen LogP contribution is 2.29. The van der Waals surface area contributed by atoms with Crippen molar-refractivity contribution < 1.29 is 0 Å². The summed E-state index contributed by atoms with van der Waals surface area (Å²) in [7, 11) is 1.97. The molecule has 2 aromatic rings. The number of nitrogens with zero attached hydrogens (tertiary/aromatic N) is 3. The van der Waals surface area contributed by atoms with E-state index < -0.39 is 0 Å². The number of rotatable bonds is 2. The first kappa shape index (κ1) is 12.7. The van der Waals surface area contributed by atoms with E-state index in [2.05, 4.69) is 6.07 Å². The standard InChI is InChI=1S/C17H17N3/c1-20(15-8-3-2-4-9-15)17-14(12-18)11-13-7-5-6-10-16(13)19-17/h2-4,8-9,11H,5-7,10H2,1H3. The maximum absolute atomic E-state index is 9.40. The minimum absolute atomic E-state index is 0.664. The largest absolute Gasteiger partial charge is 0.328 e. The van der Waals surface area contributed by atoms with Gasteiger partial charge in [-0.05, 0) is 49.4 Å². The summed E-state index contributed by atoms with van der Waals surface area (Å²) in [5.74, 6) is 0.763. The number of para-hydroxylation sites is 1. The van der Waals surface area contributed by atoms with E-state index in [0.717, 1.165) is 30.0 Å². The molecule has 3 nitrogen and oxygen atoms in total. The van der Waals surface area contributed by atoms with Gasteiger partial charge in [-0.2, -0.15) is 5.26 Å². The van der Waals surface area contributed by atoms with Gasteiger partial charge >= 0.3 is 0 Å². The molecule has 0 atom stereocenters. The number of anilines is 2. The summed E-state index contributed by atoms with van der Waals surface area (Å²) in [5.41, 5.74) is 4.12. The fourth-order valence-electron chi connectivity index (χ4n) is 2.73. The van der Waals surface area contributed by atoms with Gasteiger partial charge in [0, 0.05) is 18.4 Å². The summed E-state index contributed by atoms with van der Waals surface area (Å²) in [4.78, 5) is 6.76. The summed E-state index contributed by atoms with van der Waals surface area (Å²) in [6.07, 6.45) is 4.47. The lowest BCUT2D eigenvalue weighted by Crippen LogP contribution is -2.16. The topological polar surface area (TPSA) is 39.9 Å². The van der Waals surface area contributed by atoms with Crippen molar-refractivity contribution in [3.8, 4) is 6.07 Å². The molecule has 0 saturated carbocycles. The van der Waals surface area contributed by atoms with Crippen molar-refractivity contribution >= 4 is 11.5 Å². The van der Waals surface area contributed by atoms with E-state index in [1.54, 1.807) is 0 Å². The number of fused-ring (bicyclic) bond motifs is 1. The minimum Gasteiger partial charge on any atom is -0.328 e. The fraction of sp³-hybridized carbons (Fsp3) is 0.294. The highest BCUT2D eigenvalue weighted by Gasteiger charge is 2.17. The second-order valence-electron chi connectivity index (χ2n) is 5.18. The van der Waals surface area contributed by atoms with Crippen molar-refractivity contribution in [2.45, 2.75) is 25.7 Å². The summed E-state index contributed by atoms with van der Waals surface area (Å²) < 4.78 is 0. The van der Waals surface area contributed by atoms with E-state index in [1.807, 2.05) is 48.3 Å². The molecule has 0 saturated heterocycles. The molecular formula is C17H17N3. The molecule has 3 heteroatoms. The van der Waals surface area contributed by atoms with E-state index in [1.165, 1.54) is 18.4 Å². The Labute approximate surface area is 119 Å². The molecular weight excluding hydrogens is 246 g/mol. The lowest BCUT2D eigenvalue weighted by Gasteiger charge is -2.23. The summed E-state index contributed by atoms with van der Waals surface area (Å²) in [5, 5.41) is 9.40. The third kappa shape index (κ3) is 2.25. The monoisotopic (exact) mass is 263 g/mol. The number of aromatic nitrogens is 1. The Morgan fingerprint density at radius 1 is 1.15 bits per heavy atom. The molecule has 1 heterocycles. The lowest BCUT2D eigenvalue weighted by atomic mass is 9.95. The normalized spacial score (nSPS) is 13.4. The summed E-state index contributed by atoms with van der Waals surface area (Å²) >= 11 is 0. The average molecular weight is 263 g/mol. The van der Waals surface area contributed by atoms with Gasteiger partial charge in [0.1, 0.15) is 6.07 Å². The van der Waals surface area contributed by atoms with Crippen LogP contribution in [-0.4, -0.2) is 12.0 Å². The van der Waals surface area contributed by atoms with Crippen LogP contribution in [0, 0.1) is 11.3 Å².